The highest BCUT2D eigenvalue weighted by Crippen LogP contribution is 2.38. The lowest BCUT2D eigenvalue weighted by Gasteiger charge is -2.24. The first-order valence-corrected chi connectivity index (χ1v) is 18.8. The van der Waals surface area contributed by atoms with Gasteiger partial charge in [0, 0.05) is 61.4 Å². The molecule has 0 amide bonds. The highest BCUT2D eigenvalue weighted by molar-refractivity contribution is 6.31. The Hall–Kier alpha value is -4.39. The van der Waals surface area contributed by atoms with Crippen LogP contribution in [0.2, 0.25) is 10.0 Å². The maximum absolute atomic E-state index is 12.4. The molecule has 0 fully saturated rings. The van der Waals surface area contributed by atoms with Crippen molar-refractivity contribution in [3.05, 3.63) is 69.2 Å². The van der Waals surface area contributed by atoms with E-state index in [0.29, 0.717) is 100 Å². The van der Waals surface area contributed by atoms with Crippen LogP contribution in [-0.4, -0.2) is 79.5 Å². The third-order valence-corrected chi connectivity index (χ3v) is 9.20. The number of aromatic nitrogens is 6. The molecule has 1 unspecified atom stereocenters. The molecule has 4 aromatic heterocycles. The number of likely N-dealkylation sites (N-methyl/N-ethyl adjacent to an activating group) is 2. The molecular weight excluding hydrogens is 727 g/mol. The minimum atomic E-state index is -0.614. The molecule has 0 aliphatic heterocycles. The molecule has 2 aliphatic rings. The van der Waals surface area contributed by atoms with Gasteiger partial charge in [-0.05, 0) is 54.4 Å². The quantitative estimate of drug-likeness (QED) is 0.171. The number of carbonyl (C=O) groups excluding carboxylic acids is 3. The van der Waals surface area contributed by atoms with Gasteiger partial charge in [0.2, 0.25) is 0 Å². The van der Waals surface area contributed by atoms with Crippen LogP contribution in [0.3, 0.4) is 0 Å². The van der Waals surface area contributed by atoms with Crippen molar-refractivity contribution >= 4 is 52.2 Å². The Morgan fingerprint density at radius 3 is 1.72 bits per heavy atom. The number of aliphatic hydroxyl groups is 1. The molecule has 4 heterocycles. The van der Waals surface area contributed by atoms with Gasteiger partial charge in [0.1, 0.15) is 23.0 Å². The van der Waals surface area contributed by atoms with E-state index in [1.54, 1.807) is 53.5 Å². The minimum absolute atomic E-state index is 0.0146. The van der Waals surface area contributed by atoms with Gasteiger partial charge in [0.05, 0.1) is 36.1 Å². The van der Waals surface area contributed by atoms with Crippen LogP contribution in [0.4, 0.5) is 11.6 Å². The number of halogens is 2. The molecule has 1 N–H and O–H groups in total. The minimum Gasteiger partial charge on any atom is -0.388 e. The molecule has 2 aliphatic carbocycles. The zero-order chi connectivity index (χ0) is 39.5. The van der Waals surface area contributed by atoms with Gasteiger partial charge in [-0.1, -0.05) is 64.7 Å². The molecular formula is C40H48Cl2N8O4. The topological polar surface area (TPSA) is 155 Å². The molecule has 0 aromatic carbocycles. The number of hydrogen-bond donors (Lipinski definition) is 1. The van der Waals surface area contributed by atoms with Gasteiger partial charge in [-0.2, -0.15) is 0 Å². The number of ketones is 3. The van der Waals surface area contributed by atoms with Crippen molar-refractivity contribution < 1.29 is 19.5 Å². The third-order valence-electron chi connectivity index (χ3n) is 8.73. The number of Topliss-reactive ketones (excluding diaryl/α,β-unsaturated/α-hetero) is 3. The van der Waals surface area contributed by atoms with Crippen LogP contribution in [0.5, 0.6) is 0 Å². The third kappa shape index (κ3) is 10.4. The Bertz CT molecular complexity index is 2060. The fourth-order valence-electron chi connectivity index (χ4n) is 6.59. The Morgan fingerprint density at radius 2 is 1.22 bits per heavy atom. The van der Waals surface area contributed by atoms with Crippen molar-refractivity contribution in [1.82, 2.24) is 29.9 Å². The lowest BCUT2D eigenvalue weighted by Crippen LogP contribution is -2.30. The van der Waals surface area contributed by atoms with E-state index in [2.05, 4.69) is 29.9 Å². The van der Waals surface area contributed by atoms with Crippen LogP contribution >= 0.6 is 23.2 Å². The molecule has 0 saturated carbocycles. The molecule has 54 heavy (non-hydrogen) atoms. The van der Waals surface area contributed by atoms with E-state index in [-0.39, 0.29) is 41.3 Å². The first-order valence-electron chi connectivity index (χ1n) is 18.0. The Kier molecular flexibility index (Phi) is 12.5. The first-order chi connectivity index (χ1) is 25.3. The van der Waals surface area contributed by atoms with Crippen LogP contribution in [0.15, 0.2) is 36.7 Å². The largest absolute Gasteiger partial charge is 0.388 e. The van der Waals surface area contributed by atoms with E-state index in [9.17, 15) is 19.5 Å². The second kappa shape index (κ2) is 16.5. The average molecular weight is 776 g/mol. The van der Waals surface area contributed by atoms with Gasteiger partial charge < -0.3 is 14.9 Å². The molecule has 0 spiro atoms. The summed E-state index contributed by atoms with van der Waals surface area (Å²) in [7, 11) is 3.60. The fourth-order valence-corrected chi connectivity index (χ4v) is 6.91. The molecule has 0 bridgehead atoms. The standard InChI is InChI=1S/C20H25ClN4O2.C20H23ClN4O2/c2*1-20(2,3)10-13(26)11-25(4)19-17-14(5-6-16(17)27)23-18(24-19)15-9-12(21)7-8-22-15/h7-9,16,27H,5-6,10-11H2,1-4H3;7-9H,5-6,10-11H2,1-4H3. The van der Waals surface area contributed by atoms with Crippen LogP contribution in [0.1, 0.15) is 101 Å². The highest BCUT2D eigenvalue weighted by atomic mass is 35.5. The maximum Gasteiger partial charge on any atom is 0.180 e. The van der Waals surface area contributed by atoms with Crippen LogP contribution in [-0.2, 0) is 22.4 Å². The molecule has 0 radical (unpaired) electrons. The summed E-state index contributed by atoms with van der Waals surface area (Å²) in [5.41, 5.74) is 3.70. The zero-order valence-electron chi connectivity index (χ0n) is 32.2. The number of pyridine rings is 2. The van der Waals surface area contributed by atoms with Crippen molar-refractivity contribution in [3.63, 3.8) is 0 Å². The number of aryl methyl sites for hydroxylation is 2. The van der Waals surface area contributed by atoms with Gasteiger partial charge in [-0.15, -0.1) is 0 Å². The number of nitrogens with zero attached hydrogens (tertiary/aromatic N) is 8. The van der Waals surface area contributed by atoms with Gasteiger partial charge in [0.25, 0.3) is 0 Å². The Balaban J connectivity index is 0.000000208. The number of anilines is 2. The number of aliphatic hydroxyl groups excluding tert-OH is 1. The fraction of sp³-hybridized carbons (Fsp3) is 0.475. The van der Waals surface area contributed by atoms with E-state index in [1.165, 1.54) is 0 Å². The summed E-state index contributed by atoms with van der Waals surface area (Å²) in [6, 6.07) is 6.78. The van der Waals surface area contributed by atoms with Crippen molar-refractivity contribution in [2.45, 2.75) is 86.2 Å². The second-order valence-corrected chi connectivity index (χ2v) is 17.3. The molecule has 286 valence electrons. The summed E-state index contributed by atoms with van der Waals surface area (Å²) in [5.74, 6) is 2.19. The number of carbonyl (C=O) groups is 3. The van der Waals surface area contributed by atoms with Crippen LogP contribution in [0, 0.1) is 10.8 Å². The lowest BCUT2D eigenvalue weighted by molar-refractivity contribution is -0.120. The van der Waals surface area contributed by atoms with E-state index < -0.39 is 6.10 Å². The molecule has 12 nitrogen and oxygen atoms in total. The van der Waals surface area contributed by atoms with Gasteiger partial charge in [-0.3, -0.25) is 24.4 Å². The summed E-state index contributed by atoms with van der Waals surface area (Å²) in [6.45, 7) is 12.6. The normalized spacial score (nSPS) is 14.9. The number of fused-ring (bicyclic) bond motifs is 2. The van der Waals surface area contributed by atoms with Gasteiger partial charge in [0.15, 0.2) is 29.0 Å². The molecule has 14 heteroatoms. The molecule has 4 aromatic rings. The van der Waals surface area contributed by atoms with Crippen LogP contribution in [0.25, 0.3) is 23.0 Å². The van der Waals surface area contributed by atoms with E-state index >= 15 is 0 Å². The van der Waals surface area contributed by atoms with Gasteiger partial charge >= 0.3 is 0 Å². The average Bonchev–Trinajstić information content (AvgIpc) is 3.64. The van der Waals surface area contributed by atoms with Crippen molar-refractivity contribution in [3.8, 4) is 23.0 Å². The maximum atomic E-state index is 12.4. The van der Waals surface area contributed by atoms with Crippen molar-refractivity contribution in [2.75, 3.05) is 37.0 Å². The van der Waals surface area contributed by atoms with Crippen LogP contribution < -0.4 is 9.80 Å². The predicted octanol–water partition coefficient (Wildman–Crippen LogP) is 7.38. The monoisotopic (exact) mass is 774 g/mol. The number of rotatable bonds is 10. The summed E-state index contributed by atoms with van der Waals surface area (Å²) >= 11 is 12.1. The predicted molar refractivity (Wildman–Crippen MR) is 211 cm³/mol. The highest BCUT2D eigenvalue weighted by Gasteiger charge is 2.31. The molecule has 1 atom stereocenters. The summed E-state index contributed by atoms with van der Waals surface area (Å²) in [6.07, 6.45) is 5.79. The number of hydrogen-bond acceptors (Lipinski definition) is 12. The SMILES string of the molecule is CN(CC(=O)CC(C)(C)C)c1nc(-c2cc(Cl)ccn2)nc2c1C(=O)CC2.CN(CC(=O)CC(C)(C)C)c1nc(-c2cc(Cl)ccn2)nc2c1C(O)CC2. The summed E-state index contributed by atoms with van der Waals surface area (Å²) in [4.78, 5) is 67.7. The zero-order valence-corrected chi connectivity index (χ0v) is 33.7. The van der Waals surface area contributed by atoms with Crippen molar-refractivity contribution in [2.24, 2.45) is 10.8 Å². The first kappa shape index (κ1) is 40.8. The van der Waals surface area contributed by atoms with E-state index in [0.717, 1.165) is 5.69 Å². The Morgan fingerprint density at radius 1 is 0.741 bits per heavy atom. The summed E-state index contributed by atoms with van der Waals surface area (Å²) in [5, 5.41) is 11.5. The van der Waals surface area contributed by atoms with Gasteiger partial charge in [-0.25, -0.2) is 19.9 Å². The molecule has 0 saturated heterocycles. The van der Waals surface area contributed by atoms with Crippen molar-refractivity contribution in [1.29, 1.82) is 0 Å². The van der Waals surface area contributed by atoms with E-state index in [4.69, 9.17) is 23.2 Å². The van der Waals surface area contributed by atoms with E-state index in [1.807, 2.05) is 48.6 Å². The Labute approximate surface area is 326 Å². The summed E-state index contributed by atoms with van der Waals surface area (Å²) < 4.78 is 0. The smallest absolute Gasteiger partial charge is 0.180 e. The molecule has 6 rings (SSSR count). The second-order valence-electron chi connectivity index (χ2n) is 16.4. The lowest BCUT2D eigenvalue weighted by atomic mass is 9.90.